The second kappa shape index (κ2) is 9.39. The zero-order chi connectivity index (χ0) is 24.6. The Morgan fingerprint density at radius 2 is 1.76 bits per heavy atom. The topological polar surface area (TPSA) is 145 Å². The van der Waals surface area contributed by atoms with Gasteiger partial charge in [-0.2, -0.15) is 0 Å². The summed E-state index contributed by atoms with van der Waals surface area (Å²) in [6.45, 7) is 5.20. The fourth-order valence-electron chi connectivity index (χ4n) is 3.65. The van der Waals surface area contributed by atoms with E-state index in [9.17, 15) is 14.4 Å². The lowest BCUT2D eigenvalue weighted by Crippen LogP contribution is -2.40. The molecule has 34 heavy (non-hydrogen) atoms. The third kappa shape index (κ3) is 4.73. The van der Waals surface area contributed by atoms with Crippen LogP contribution in [0, 0.1) is 6.92 Å². The molecule has 4 atom stereocenters. The van der Waals surface area contributed by atoms with E-state index in [1.165, 1.54) is 31.7 Å². The van der Waals surface area contributed by atoms with Crippen LogP contribution in [0.15, 0.2) is 22.9 Å². The van der Waals surface area contributed by atoms with Crippen molar-refractivity contribution in [1.82, 2.24) is 19.5 Å². The van der Waals surface area contributed by atoms with Crippen LogP contribution in [-0.4, -0.2) is 62.3 Å². The molecule has 12 nitrogen and oxygen atoms in total. The van der Waals surface area contributed by atoms with Crippen LogP contribution in [-0.2, 0) is 33.3 Å². The summed E-state index contributed by atoms with van der Waals surface area (Å²) >= 11 is 6.35. The van der Waals surface area contributed by atoms with Crippen molar-refractivity contribution in [3.05, 3.63) is 29.4 Å². The molecule has 1 aliphatic rings. The fourth-order valence-corrected chi connectivity index (χ4v) is 3.86. The van der Waals surface area contributed by atoms with Crippen LogP contribution in [0.2, 0.25) is 5.15 Å². The van der Waals surface area contributed by atoms with Crippen LogP contribution >= 0.6 is 11.6 Å². The molecule has 4 rings (SSSR count). The van der Waals surface area contributed by atoms with Gasteiger partial charge in [-0.1, -0.05) is 11.6 Å². The van der Waals surface area contributed by atoms with E-state index in [2.05, 4.69) is 15.0 Å². The Labute approximate surface area is 198 Å². The highest BCUT2D eigenvalue weighted by atomic mass is 35.5. The molecule has 0 aliphatic carbocycles. The van der Waals surface area contributed by atoms with Gasteiger partial charge in [0.15, 0.2) is 40.8 Å². The maximum absolute atomic E-state index is 11.9. The molecule has 0 saturated carbocycles. The van der Waals surface area contributed by atoms with Crippen molar-refractivity contribution >= 4 is 40.7 Å². The SMILES string of the molecule is CC(=O)OC[C@H]1O[C@@H](n2cnc3c(Cl)nc(-c4ccc(C)o4)nc32)[C@H](OC(C)=O)[C@@H]1OC(C)=O. The van der Waals surface area contributed by atoms with E-state index >= 15 is 0 Å². The molecule has 0 spiro atoms. The average Bonchev–Trinajstić information content (AvgIpc) is 3.44. The molecule has 1 fully saturated rings. The number of aryl methyl sites for hydroxylation is 1. The van der Waals surface area contributed by atoms with Crippen molar-refractivity contribution < 1.29 is 37.7 Å². The molecular weight excluding hydrogens is 472 g/mol. The largest absolute Gasteiger partial charge is 0.463 e. The molecule has 0 N–H and O–H groups in total. The number of furan rings is 1. The highest BCUT2D eigenvalue weighted by molar-refractivity contribution is 6.33. The standard InChI is InChI=1S/C21H21ClN4O8/c1-9-5-6-13(31-9)19-24-18(22)15-20(25-19)26(8-23-15)21-17(33-12(4)29)16(32-11(3)28)14(34-21)7-30-10(2)27/h5-6,8,14,16-17,21H,7H2,1-4H3/t14-,16-,17-,21-/m1/s1. The number of carbonyl (C=O) groups is 3. The number of nitrogens with zero attached hydrogens (tertiary/aromatic N) is 4. The molecular formula is C21H21ClN4O8. The lowest BCUT2D eigenvalue weighted by molar-refractivity contribution is -0.166. The van der Waals surface area contributed by atoms with Gasteiger partial charge < -0.3 is 23.4 Å². The quantitative estimate of drug-likeness (QED) is 0.284. The molecule has 180 valence electrons. The number of aromatic nitrogens is 4. The molecule has 1 saturated heterocycles. The molecule has 0 bridgehead atoms. The highest BCUT2D eigenvalue weighted by Gasteiger charge is 2.51. The van der Waals surface area contributed by atoms with Gasteiger partial charge in [-0.25, -0.2) is 15.0 Å². The monoisotopic (exact) mass is 492 g/mol. The Hall–Kier alpha value is -3.51. The Kier molecular flexibility index (Phi) is 6.53. The molecule has 1 aliphatic heterocycles. The van der Waals surface area contributed by atoms with Crippen molar-refractivity contribution in [3.8, 4) is 11.6 Å². The number of rotatable bonds is 6. The average molecular weight is 493 g/mol. The van der Waals surface area contributed by atoms with Gasteiger partial charge in [0.05, 0.1) is 6.33 Å². The van der Waals surface area contributed by atoms with Gasteiger partial charge in [0.2, 0.25) is 0 Å². The minimum atomic E-state index is -1.09. The Bertz CT molecular complexity index is 1250. The highest BCUT2D eigenvalue weighted by Crippen LogP contribution is 2.37. The van der Waals surface area contributed by atoms with Crippen molar-refractivity contribution in [3.63, 3.8) is 0 Å². The van der Waals surface area contributed by atoms with E-state index in [-0.39, 0.29) is 28.7 Å². The number of fused-ring (bicyclic) bond motifs is 1. The fraction of sp³-hybridized carbons (Fsp3) is 0.429. The van der Waals surface area contributed by atoms with Crippen LogP contribution in [0.3, 0.4) is 0 Å². The van der Waals surface area contributed by atoms with E-state index in [0.29, 0.717) is 11.5 Å². The van der Waals surface area contributed by atoms with Crippen LogP contribution < -0.4 is 0 Å². The number of ether oxygens (including phenoxy) is 4. The molecule has 0 unspecified atom stereocenters. The first-order chi connectivity index (χ1) is 16.1. The number of halogens is 1. The maximum Gasteiger partial charge on any atom is 0.303 e. The summed E-state index contributed by atoms with van der Waals surface area (Å²) in [5.41, 5.74) is 0.534. The van der Waals surface area contributed by atoms with Crippen LogP contribution in [0.25, 0.3) is 22.7 Å². The minimum Gasteiger partial charge on any atom is -0.463 e. The van der Waals surface area contributed by atoms with E-state index in [0.717, 1.165) is 0 Å². The van der Waals surface area contributed by atoms with E-state index in [4.69, 9.17) is 35.0 Å². The van der Waals surface area contributed by atoms with Gasteiger partial charge >= 0.3 is 17.9 Å². The number of esters is 3. The molecule has 3 aromatic heterocycles. The van der Waals surface area contributed by atoms with Crippen molar-refractivity contribution in [2.24, 2.45) is 0 Å². The summed E-state index contributed by atoms with van der Waals surface area (Å²) < 4.78 is 29.1. The van der Waals surface area contributed by atoms with Gasteiger partial charge in [0, 0.05) is 20.8 Å². The van der Waals surface area contributed by atoms with Gasteiger partial charge in [0.1, 0.15) is 24.0 Å². The Morgan fingerprint density at radius 1 is 1.06 bits per heavy atom. The Morgan fingerprint density at radius 3 is 2.38 bits per heavy atom. The predicted octanol–water partition coefficient (Wildman–Crippen LogP) is 2.37. The summed E-state index contributed by atoms with van der Waals surface area (Å²) in [6.07, 6.45) is -2.72. The van der Waals surface area contributed by atoms with Crippen molar-refractivity contribution in [2.45, 2.75) is 52.2 Å². The normalized spacial score (nSPS) is 22.0. The first kappa shape index (κ1) is 23.6. The summed E-state index contributed by atoms with van der Waals surface area (Å²) in [5, 5.41) is 0.0721. The molecule has 0 radical (unpaired) electrons. The summed E-state index contributed by atoms with van der Waals surface area (Å²) in [5.74, 6) is -0.548. The third-order valence-electron chi connectivity index (χ3n) is 4.95. The predicted molar refractivity (Wildman–Crippen MR) is 114 cm³/mol. The summed E-state index contributed by atoms with van der Waals surface area (Å²) in [4.78, 5) is 48.0. The molecule has 4 heterocycles. The first-order valence-electron chi connectivity index (χ1n) is 10.2. The molecule has 0 aromatic carbocycles. The second-order valence-corrected chi connectivity index (χ2v) is 7.95. The second-order valence-electron chi connectivity index (χ2n) is 7.59. The Balaban J connectivity index is 1.79. The van der Waals surface area contributed by atoms with E-state index < -0.39 is 42.4 Å². The minimum absolute atomic E-state index is 0.0721. The van der Waals surface area contributed by atoms with Crippen LogP contribution in [0.5, 0.6) is 0 Å². The number of imidazole rings is 1. The van der Waals surface area contributed by atoms with Crippen molar-refractivity contribution in [1.29, 1.82) is 0 Å². The summed E-state index contributed by atoms with van der Waals surface area (Å²) in [6, 6.07) is 3.46. The number of hydrogen-bond donors (Lipinski definition) is 0. The lowest BCUT2D eigenvalue weighted by Gasteiger charge is -2.23. The van der Waals surface area contributed by atoms with Gasteiger partial charge in [-0.15, -0.1) is 0 Å². The third-order valence-corrected chi connectivity index (χ3v) is 5.22. The van der Waals surface area contributed by atoms with Gasteiger partial charge in [0.25, 0.3) is 0 Å². The van der Waals surface area contributed by atoms with Gasteiger partial charge in [-0.3, -0.25) is 19.0 Å². The van der Waals surface area contributed by atoms with Gasteiger partial charge in [-0.05, 0) is 19.1 Å². The van der Waals surface area contributed by atoms with Crippen molar-refractivity contribution in [2.75, 3.05) is 6.61 Å². The van der Waals surface area contributed by atoms with Crippen LogP contribution in [0.4, 0.5) is 0 Å². The zero-order valence-electron chi connectivity index (χ0n) is 18.7. The lowest BCUT2D eigenvalue weighted by atomic mass is 10.1. The smallest absolute Gasteiger partial charge is 0.303 e. The molecule has 13 heteroatoms. The summed E-state index contributed by atoms with van der Waals surface area (Å²) in [7, 11) is 0. The molecule has 0 amide bonds. The number of carbonyl (C=O) groups excluding carboxylic acids is 3. The molecule has 3 aromatic rings. The van der Waals surface area contributed by atoms with Crippen LogP contribution in [0.1, 0.15) is 32.8 Å². The number of hydrogen-bond acceptors (Lipinski definition) is 11. The van der Waals surface area contributed by atoms with E-state index in [1.54, 1.807) is 19.1 Å². The zero-order valence-corrected chi connectivity index (χ0v) is 19.4. The van der Waals surface area contributed by atoms with E-state index in [1.807, 2.05) is 0 Å². The first-order valence-corrected chi connectivity index (χ1v) is 10.6. The maximum atomic E-state index is 11.9.